The minimum absolute atomic E-state index is 0. The van der Waals surface area contributed by atoms with Gasteiger partial charge in [-0.15, -0.1) is 0 Å². The summed E-state index contributed by atoms with van der Waals surface area (Å²) in [7, 11) is 0. The number of benzene rings is 1. The van der Waals surface area contributed by atoms with Crippen LogP contribution in [-0.2, 0) is 5.41 Å². The number of rotatable bonds is 3. The van der Waals surface area contributed by atoms with E-state index >= 15 is 0 Å². The van der Waals surface area contributed by atoms with E-state index in [4.69, 9.17) is 0 Å². The Kier molecular flexibility index (Phi) is 5.29. The third kappa shape index (κ3) is 3.09. The molecule has 1 N–H and O–H groups in total. The summed E-state index contributed by atoms with van der Waals surface area (Å²) in [5.74, 6) is 0. The fraction of sp³-hybridized carbons (Fsp3) is 0.500. The molecular formula is C16H24LiN. The van der Waals surface area contributed by atoms with Crippen LogP contribution in [0.15, 0.2) is 30.8 Å². The summed E-state index contributed by atoms with van der Waals surface area (Å²) in [5, 5.41) is 3.62. The summed E-state index contributed by atoms with van der Waals surface area (Å²) in [6.07, 6.45) is 2.58. The van der Waals surface area contributed by atoms with Crippen molar-refractivity contribution in [2.75, 3.05) is 6.54 Å². The summed E-state index contributed by atoms with van der Waals surface area (Å²) in [4.78, 5) is 0. The molecule has 1 aromatic rings. The quantitative estimate of drug-likeness (QED) is 0.797. The molecular weight excluding hydrogens is 213 g/mol. The average molecular weight is 237 g/mol. The number of nitrogens with one attached hydrogen (secondary N) is 1. The first-order valence-electron chi connectivity index (χ1n) is 6.51. The number of hydrogen-bond donors (Lipinski definition) is 1. The van der Waals surface area contributed by atoms with E-state index in [0.717, 1.165) is 12.1 Å². The average Bonchev–Trinajstić information content (AvgIpc) is 2.83. The van der Waals surface area contributed by atoms with E-state index in [1.165, 1.54) is 24.0 Å². The van der Waals surface area contributed by atoms with Crippen molar-refractivity contribution in [2.24, 2.45) is 0 Å². The monoisotopic (exact) mass is 237 g/mol. The van der Waals surface area contributed by atoms with Crippen LogP contribution in [0, 0.1) is 0 Å². The van der Waals surface area contributed by atoms with Gasteiger partial charge in [0.1, 0.15) is 0 Å². The minimum atomic E-state index is 0. The zero-order valence-corrected chi connectivity index (χ0v) is 11.2. The molecule has 1 aliphatic heterocycles. The van der Waals surface area contributed by atoms with Gasteiger partial charge in [0.15, 0.2) is 0 Å². The molecule has 1 nitrogen and oxygen atoms in total. The van der Waals surface area contributed by atoms with Crippen molar-refractivity contribution >= 4 is 24.4 Å². The second-order valence-corrected chi connectivity index (χ2v) is 5.73. The maximum absolute atomic E-state index is 4.03. The summed E-state index contributed by atoms with van der Waals surface area (Å²) >= 11 is 0. The number of hydrogen-bond acceptors (Lipinski definition) is 1. The first-order chi connectivity index (χ1) is 8.01. The molecule has 2 rings (SSSR count). The Bertz CT molecular complexity index is 417. The molecule has 0 amide bonds. The molecule has 0 spiro atoms. The van der Waals surface area contributed by atoms with Crippen molar-refractivity contribution in [1.29, 1.82) is 0 Å². The SMILES string of the molecule is C=C(C)c1cccc(C(C)(C)C2CCCN2)c1.[LiH]. The van der Waals surface area contributed by atoms with Gasteiger partial charge < -0.3 is 5.32 Å². The van der Waals surface area contributed by atoms with Crippen LogP contribution in [0.1, 0.15) is 44.7 Å². The third-order valence-corrected chi connectivity index (χ3v) is 4.03. The van der Waals surface area contributed by atoms with Crippen LogP contribution >= 0.6 is 0 Å². The van der Waals surface area contributed by atoms with E-state index in [-0.39, 0.29) is 24.3 Å². The third-order valence-electron chi connectivity index (χ3n) is 4.03. The van der Waals surface area contributed by atoms with Crippen LogP contribution in [0.3, 0.4) is 0 Å². The van der Waals surface area contributed by atoms with Gasteiger partial charge in [0.2, 0.25) is 0 Å². The van der Waals surface area contributed by atoms with E-state index in [0.29, 0.717) is 6.04 Å². The van der Waals surface area contributed by atoms with Crippen molar-refractivity contribution in [3.05, 3.63) is 42.0 Å². The fourth-order valence-corrected chi connectivity index (χ4v) is 2.69. The van der Waals surface area contributed by atoms with E-state index in [1.807, 2.05) is 0 Å². The number of allylic oxidation sites excluding steroid dienone is 1. The van der Waals surface area contributed by atoms with Gasteiger partial charge in [-0.3, -0.25) is 0 Å². The van der Waals surface area contributed by atoms with Gasteiger partial charge in [-0.2, -0.15) is 0 Å². The molecule has 1 atom stereocenters. The van der Waals surface area contributed by atoms with E-state index in [1.54, 1.807) is 0 Å². The predicted octanol–water partition coefficient (Wildman–Crippen LogP) is 3.10. The molecule has 0 aromatic heterocycles. The van der Waals surface area contributed by atoms with Gasteiger partial charge >= 0.3 is 18.9 Å². The molecule has 94 valence electrons. The molecule has 1 fully saturated rings. The van der Waals surface area contributed by atoms with Crippen molar-refractivity contribution < 1.29 is 0 Å². The first kappa shape index (κ1) is 15.6. The van der Waals surface area contributed by atoms with Gasteiger partial charge in [0.25, 0.3) is 0 Å². The second-order valence-electron chi connectivity index (χ2n) is 5.73. The Labute approximate surface area is 123 Å². The van der Waals surface area contributed by atoms with Crippen LogP contribution in [0.25, 0.3) is 5.57 Å². The Balaban J connectivity index is 0.00000162. The van der Waals surface area contributed by atoms with Crippen molar-refractivity contribution in [1.82, 2.24) is 5.32 Å². The standard InChI is InChI=1S/C16H23N.Li.H/c1-12(2)13-7-5-8-14(11-13)16(3,4)15-9-6-10-17-15;;/h5,7-8,11,15,17H,1,6,9-10H2,2-4H3;;. The van der Waals surface area contributed by atoms with Gasteiger partial charge in [-0.05, 0) is 37.4 Å². The molecule has 0 saturated carbocycles. The van der Waals surface area contributed by atoms with Gasteiger partial charge in [-0.25, -0.2) is 0 Å². The second kappa shape index (κ2) is 6.11. The first-order valence-corrected chi connectivity index (χ1v) is 6.51. The van der Waals surface area contributed by atoms with Gasteiger partial charge in [0, 0.05) is 11.5 Å². The summed E-state index contributed by atoms with van der Waals surface area (Å²) in [6, 6.07) is 9.43. The van der Waals surface area contributed by atoms with Crippen LogP contribution in [0.4, 0.5) is 0 Å². The summed E-state index contributed by atoms with van der Waals surface area (Å²) in [6.45, 7) is 11.9. The molecule has 1 aliphatic rings. The summed E-state index contributed by atoms with van der Waals surface area (Å²) in [5.41, 5.74) is 4.01. The zero-order valence-electron chi connectivity index (χ0n) is 11.2. The molecule has 1 aromatic carbocycles. The fourth-order valence-electron chi connectivity index (χ4n) is 2.69. The van der Waals surface area contributed by atoms with Gasteiger partial charge in [-0.1, -0.05) is 50.3 Å². The molecule has 1 heterocycles. The molecule has 0 radical (unpaired) electrons. The molecule has 18 heavy (non-hydrogen) atoms. The Morgan fingerprint density at radius 2 is 2.11 bits per heavy atom. The molecule has 1 unspecified atom stereocenters. The Morgan fingerprint density at radius 1 is 1.39 bits per heavy atom. The molecule has 0 bridgehead atoms. The van der Waals surface area contributed by atoms with E-state index in [2.05, 4.69) is 56.9 Å². The van der Waals surface area contributed by atoms with E-state index in [9.17, 15) is 0 Å². The molecule has 0 aliphatic carbocycles. The van der Waals surface area contributed by atoms with Crippen molar-refractivity contribution in [3.8, 4) is 0 Å². The Morgan fingerprint density at radius 3 is 2.67 bits per heavy atom. The van der Waals surface area contributed by atoms with Crippen molar-refractivity contribution in [2.45, 2.75) is 45.1 Å². The topological polar surface area (TPSA) is 12.0 Å². The van der Waals surface area contributed by atoms with E-state index < -0.39 is 0 Å². The summed E-state index contributed by atoms with van der Waals surface area (Å²) < 4.78 is 0. The zero-order chi connectivity index (χ0) is 12.5. The van der Waals surface area contributed by atoms with Crippen molar-refractivity contribution in [3.63, 3.8) is 0 Å². The van der Waals surface area contributed by atoms with Crippen LogP contribution < -0.4 is 5.32 Å². The van der Waals surface area contributed by atoms with Crippen LogP contribution in [-0.4, -0.2) is 31.4 Å². The van der Waals surface area contributed by atoms with Crippen LogP contribution in [0.5, 0.6) is 0 Å². The molecule has 1 saturated heterocycles. The predicted molar refractivity (Wildman–Crippen MR) is 82.3 cm³/mol. The Hall–Kier alpha value is -0.483. The molecule has 2 heteroatoms. The normalized spacial score (nSPS) is 19.4. The van der Waals surface area contributed by atoms with Gasteiger partial charge in [0.05, 0.1) is 0 Å². The van der Waals surface area contributed by atoms with Crippen LogP contribution in [0.2, 0.25) is 0 Å². The maximum atomic E-state index is 4.03.